The highest BCUT2D eigenvalue weighted by molar-refractivity contribution is 7.47. The lowest BCUT2D eigenvalue weighted by Crippen LogP contribution is -2.52. The topological polar surface area (TPSA) is 198 Å². The summed E-state index contributed by atoms with van der Waals surface area (Å²) in [6.45, 7) is 5.05. The predicted molar refractivity (Wildman–Crippen MR) is 373 cm³/mol. The molecule has 1 saturated heterocycles. The van der Waals surface area contributed by atoms with E-state index in [9.17, 15) is 28.4 Å². The van der Waals surface area contributed by atoms with Crippen LogP contribution in [0.5, 0.6) is 17.2 Å². The van der Waals surface area contributed by atoms with Crippen LogP contribution in [0, 0.1) is 0 Å². The fraction of sp³-hybridized carbons (Fsp3) is 0.397. The van der Waals surface area contributed by atoms with Crippen molar-refractivity contribution in [1.29, 1.82) is 0 Å². The Morgan fingerprint density at radius 1 is 0.432 bits per heavy atom. The second kappa shape index (κ2) is 20.3. The summed E-state index contributed by atoms with van der Waals surface area (Å²) in [5.74, 6) is 1.67. The number of hydrogen-bond donors (Lipinski definition) is 3. The molecule has 0 amide bonds. The standard InChI is InChI=1S/C73H75N4O15P3/c1-74-38-72-48-23-24-49-46-21-19-44-42-17-15-40-39-14-16-41-43-18-20-45(48)57-55(43)60-53(41)51(39)59-52(40)54(42)61-56(44)58(46)68(66-64(61)62(59)63(60)65(66)67(57)72)73(49,72)71(74)47-22-25-50(87-32-11-26-75(2,3)29-35-90-93(78,79)84-8)70(89-34-13-28-77(6,7)31-37-92-95(82,83)86-10)69(47)88-33-12-27-76(4,5)30-36-91-94(80,81)85-9/h14-25,71H,11-13,26-38H2,1-10H3/p+3. The zero-order valence-corrected chi connectivity index (χ0v) is 57.9. The molecule has 0 saturated carbocycles. The zero-order chi connectivity index (χ0) is 65.8. The van der Waals surface area contributed by atoms with Crippen molar-refractivity contribution < 1.29 is 83.2 Å². The SMILES string of the molecule is COP(=O)(O)OCC[N+](C)(C)CCCOc1ccc(C2N(C)CC34C5=c6ccc7c8ccc9c%10ccc%11c%12ccc%13c%14c(c%15c%16c3c6c7c3c8c9c6c%10c%11c(c%14%12)c%15c6c%163)C24C=%13C=C5)c(OCCC[N+](C)(C)CCOP(=O)(O)OC)c1OCCC[N+](C)(C)CCOP(=O)(O)OC. The second-order valence-electron chi connectivity index (χ2n) is 29.6. The maximum atomic E-state index is 12.4. The van der Waals surface area contributed by atoms with Gasteiger partial charge >= 0.3 is 23.5 Å². The number of fused-ring (bicyclic) bond motifs is 3. The lowest BCUT2D eigenvalue weighted by Gasteiger charge is -2.52. The minimum absolute atomic E-state index is 0.0198. The molecule has 4 aliphatic carbocycles. The molecule has 0 bridgehead atoms. The van der Waals surface area contributed by atoms with Crippen molar-refractivity contribution in [1.82, 2.24) is 4.90 Å². The van der Waals surface area contributed by atoms with Gasteiger partial charge in [-0.1, -0.05) is 60.7 Å². The summed E-state index contributed by atoms with van der Waals surface area (Å²) in [4.78, 5) is 32.8. The Balaban J connectivity index is 0.824. The van der Waals surface area contributed by atoms with Crippen molar-refractivity contribution in [3.8, 4) is 17.2 Å². The molecule has 18 rings (SSSR count). The van der Waals surface area contributed by atoms with Crippen LogP contribution < -0.4 is 24.6 Å². The van der Waals surface area contributed by atoms with Gasteiger partial charge in [0.1, 0.15) is 39.5 Å². The first-order valence-corrected chi connectivity index (χ1v) is 37.5. The Hall–Kier alpha value is -6.15. The largest absolute Gasteiger partial charge is 0.489 e. The number of likely N-dealkylation sites (tertiary alicyclic amines) is 1. The van der Waals surface area contributed by atoms with Crippen LogP contribution >= 0.6 is 23.5 Å². The van der Waals surface area contributed by atoms with Crippen LogP contribution in [0.4, 0.5) is 0 Å². The van der Waals surface area contributed by atoms with Gasteiger partial charge in [-0.3, -0.25) is 32.0 Å². The molecule has 6 unspecified atom stereocenters. The lowest BCUT2D eigenvalue weighted by atomic mass is 9.47. The highest BCUT2D eigenvalue weighted by Gasteiger charge is 2.74. The van der Waals surface area contributed by atoms with Gasteiger partial charge in [0.05, 0.1) is 98.6 Å². The van der Waals surface area contributed by atoms with Gasteiger partial charge in [-0.15, -0.1) is 0 Å². The molecule has 5 aliphatic rings. The number of benzene rings is 9. The summed E-state index contributed by atoms with van der Waals surface area (Å²) < 4.78 is 90.1. The second-order valence-corrected chi connectivity index (χ2v) is 34.3. The molecule has 1 heterocycles. The van der Waals surface area contributed by atoms with Crippen LogP contribution in [0.15, 0.2) is 72.8 Å². The van der Waals surface area contributed by atoms with Gasteiger partial charge in [-0.2, -0.15) is 0 Å². The first-order chi connectivity index (χ1) is 45.4. The summed E-state index contributed by atoms with van der Waals surface area (Å²) in [6, 6.07) is 23.6. The van der Waals surface area contributed by atoms with Crippen LogP contribution in [0.25, 0.3) is 130 Å². The number of phosphoric ester groups is 3. The minimum atomic E-state index is -4.17. The summed E-state index contributed by atoms with van der Waals surface area (Å²) in [6.07, 6.45) is 6.86. The van der Waals surface area contributed by atoms with E-state index in [-0.39, 0.29) is 32.5 Å². The lowest BCUT2D eigenvalue weighted by molar-refractivity contribution is -0.890. The van der Waals surface area contributed by atoms with E-state index in [2.05, 4.69) is 132 Å². The molecular formula is C73H78N4O15P3+3. The van der Waals surface area contributed by atoms with Gasteiger partial charge in [-0.25, -0.2) is 13.7 Å². The van der Waals surface area contributed by atoms with E-state index in [4.69, 9.17) is 36.8 Å². The number of nitrogens with zero attached hydrogens (tertiary/aromatic N) is 4. The van der Waals surface area contributed by atoms with E-state index in [1.807, 2.05) is 0 Å². The maximum absolute atomic E-state index is 12.4. The van der Waals surface area contributed by atoms with Crippen LogP contribution in [0.3, 0.4) is 0 Å². The van der Waals surface area contributed by atoms with E-state index in [0.717, 1.165) is 33.4 Å². The molecule has 492 valence electrons. The monoisotopic (exact) mass is 1340 g/mol. The number of likely N-dealkylation sites (N-methyl/N-ethyl adjacent to an activating group) is 4. The molecule has 2 spiro atoms. The highest BCUT2D eigenvalue weighted by Crippen LogP contribution is 2.79. The molecule has 1 aliphatic heterocycles. The summed E-state index contributed by atoms with van der Waals surface area (Å²) in [5, 5.41) is 33.4. The third-order valence-electron chi connectivity index (χ3n) is 23.3. The molecule has 6 atom stereocenters. The number of quaternary nitrogens is 3. The fourth-order valence-electron chi connectivity index (χ4n) is 19.5. The molecule has 0 aromatic heterocycles. The average molecular weight is 1340 g/mol. The molecule has 1 fully saturated rings. The van der Waals surface area contributed by atoms with Gasteiger partial charge in [-0.05, 0) is 170 Å². The Labute approximate surface area is 547 Å². The maximum Gasteiger partial charge on any atom is 0.472 e. The fourth-order valence-corrected chi connectivity index (χ4v) is 20.8. The molecular weight excluding hydrogens is 1270 g/mol. The average Bonchev–Trinajstić information content (AvgIpc) is 1.42. The number of allylic oxidation sites excluding steroid dienone is 2. The smallest absolute Gasteiger partial charge is 0.472 e. The number of ether oxygens (including phenoxy) is 3. The first kappa shape index (κ1) is 61.2. The molecule has 0 radical (unpaired) electrons. The zero-order valence-electron chi connectivity index (χ0n) is 55.2. The van der Waals surface area contributed by atoms with Crippen molar-refractivity contribution in [3.05, 3.63) is 99.9 Å². The van der Waals surface area contributed by atoms with E-state index in [0.29, 0.717) is 102 Å². The summed E-state index contributed by atoms with van der Waals surface area (Å²) in [5.41, 5.74) is 5.42. The molecule has 13 aromatic rings. The van der Waals surface area contributed by atoms with Gasteiger partial charge in [0, 0.05) is 52.7 Å². The van der Waals surface area contributed by atoms with Crippen molar-refractivity contribution in [3.63, 3.8) is 0 Å². The van der Waals surface area contributed by atoms with Gasteiger partial charge in [0.15, 0.2) is 11.5 Å². The van der Waals surface area contributed by atoms with E-state index in [1.54, 1.807) is 0 Å². The Morgan fingerprint density at radius 2 is 0.800 bits per heavy atom. The third kappa shape index (κ3) is 7.98. The van der Waals surface area contributed by atoms with E-state index < -0.39 is 34.3 Å². The molecule has 95 heavy (non-hydrogen) atoms. The predicted octanol–water partition coefficient (Wildman–Crippen LogP) is 11.8. The normalized spacial score (nSPS) is 21.5. The molecule has 22 heteroatoms. The van der Waals surface area contributed by atoms with Crippen molar-refractivity contribution >= 4 is 153 Å². The molecule has 3 N–H and O–H groups in total. The quantitative estimate of drug-likeness (QED) is 0.0160. The van der Waals surface area contributed by atoms with E-state index in [1.165, 1.54) is 151 Å². The van der Waals surface area contributed by atoms with Crippen LogP contribution in [0.1, 0.15) is 42.0 Å². The Kier molecular flexibility index (Phi) is 13.1. The number of phosphoric acid groups is 3. The van der Waals surface area contributed by atoms with Crippen molar-refractivity contribution in [2.24, 2.45) is 0 Å². The number of hydrogen-bond acceptors (Lipinski definition) is 13. The van der Waals surface area contributed by atoms with Gasteiger partial charge in [0.2, 0.25) is 5.75 Å². The van der Waals surface area contributed by atoms with Crippen LogP contribution in [-0.2, 0) is 51.7 Å². The van der Waals surface area contributed by atoms with E-state index >= 15 is 0 Å². The molecule has 13 aromatic carbocycles. The van der Waals surface area contributed by atoms with Crippen LogP contribution in [-0.4, -0.2) is 189 Å². The molecule has 19 nitrogen and oxygen atoms in total. The van der Waals surface area contributed by atoms with Gasteiger partial charge in [0.25, 0.3) is 0 Å². The Bertz CT molecular complexity index is 5660. The van der Waals surface area contributed by atoms with Gasteiger partial charge < -0.3 is 42.3 Å². The minimum Gasteiger partial charge on any atom is -0.489 e. The van der Waals surface area contributed by atoms with Crippen molar-refractivity contribution in [2.75, 3.05) is 156 Å². The van der Waals surface area contributed by atoms with Crippen molar-refractivity contribution in [2.45, 2.75) is 36.1 Å². The highest BCUT2D eigenvalue weighted by atomic mass is 31.2. The first-order valence-electron chi connectivity index (χ1n) is 33.1. The van der Waals surface area contributed by atoms with Crippen LogP contribution in [0.2, 0.25) is 0 Å². The third-order valence-corrected chi connectivity index (χ3v) is 26.2. The summed E-state index contributed by atoms with van der Waals surface area (Å²) in [7, 11) is 5.69. The summed E-state index contributed by atoms with van der Waals surface area (Å²) >= 11 is 0. The Morgan fingerprint density at radius 3 is 1.26 bits per heavy atom. The number of rotatable bonds is 31.